The van der Waals surface area contributed by atoms with E-state index in [1.165, 1.54) is 0 Å². The average molecular weight is 355 g/mol. The van der Waals surface area contributed by atoms with E-state index in [9.17, 15) is 14.4 Å². The van der Waals surface area contributed by atoms with Crippen molar-refractivity contribution in [3.63, 3.8) is 0 Å². The number of halogens is 1. The number of anilines is 1. The van der Waals surface area contributed by atoms with Gasteiger partial charge in [0.15, 0.2) is 0 Å². The van der Waals surface area contributed by atoms with E-state index in [-0.39, 0.29) is 19.0 Å². The number of rotatable bonds is 7. The van der Waals surface area contributed by atoms with Gasteiger partial charge in [-0.2, -0.15) is 0 Å². The maximum Gasteiger partial charge on any atom is 0.243 e. The summed E-state index contributed by atoms with van der Waals surface area (Å²) in [4.78, 5) is 35.1. The zero-order valence-electron chi connectivity index (χ0n) is 14.0. The summed E-state index contributed by atoms with van der Waals surface area (Å²) in [5.74, 6) is -1.34. The van der Waals surface area contributed by atoms with Gasteiger partial charge in [0, 0.05) is 0 Å². The molecule has 0 fully saturated rings. The monoisotopic (exact) mass is 354 g/mol. The van der Waals surface area contributed by atoms with Crippen molar-refractivity contribution in [1.29, 1.82) is 0 Å². The molecule has 1 aromatic rings. The third-order valence-electron chi connectivity index (χ3n) is 3.29. The second-order valence-corrected chi connectivity index (χ2v) is 6.20. The van der Waals surface area contributed by atoms with Crippen molar-refractivity contribution in [1.82, 2.24) is 10.6 Å². The van der Waals surface area contributed by atoms with E-state index in [1.54, 1.807) is 12.1 Å². The zero-order valence-corrected chi connectivity index (χ0v) is 14.7. The Labute approximate surface area is 146 Å². The molecule has 5 N–H and O–H groups in total. The third-order valence-corrected chi connectivity index (χ3v) is 3.60. The van der Waals surface area contributed by atoms with Crippen molar-refractivity contribution in [3.05, 3.63) is 28.8 Å². The number of amides is 3. The van der Waals surface area contributed by atoms with E-state index < -0.39 is 23.8 Å². The van der Waals surface area contributed by atoms with Gasteiger partial charge < -0.3 is 21.7 Å². The Kier molecular flexibility index (Phi) is 7.67. The van der Waals surface area contributed by atoms with Crippen molar-refractivity contribution >= 4 is 35.0 Å². The lowest BCUT2D eigenvalue weighted by molar-refractivity contribution is -0.127. The van der Waals surface area contributed by atoms with E-state index in [2.05, 4.69) is 16.0 Å². The van der Waals surface area contributed by atoms with Gasteiger partial charge >= 0.3 is 0 Å². The van der Waals surface area contributed by atoms with Crippen LogP contribution in [-0.4, -0.2) is 36.9 Å². The lowest BCUT2D eigenvalue weighted by Crippen LogP contribution is -2.47. The minimum absolute atomic E-state index is 0.0295. The Bertz CT molecular complexity index is 619. The molecule has 1 aromatic carbocycles. The fraction of sp³-hybridized carbons (Fsp3) is 0.438. The molecule has 3 amide bonds. The number of hydrogen-bond acceptors (Lipinski definition) is 4. The summed E-state index contributed by atoms with van der Waals surface area (Å²) in [5, 5.41) is 7.85. The van der Waals surface area contributed by atoms with Gasteiger partial charge in [0.25, 0.3) is 0 Å². The summed E-state index contributed by atoms with van der Waals surface area (Å²) in [7, 11) is 0. The smallest absolute Gasteiger partial charge is 0.243 e. The van der Waals surface area contributed by atoms with Crippen LogP contribution in [0, 0.1) is 12.8 Å². The Balaban J connectivity index is 2.36. The molecule has 8 heteroatoms. The Hall–Kier alpha value is -2.12. The average Bonchev–Trinajstić information content (AvgIpc) is 2.52. The van der Waals surface area contributed by atoms with Gasteiger partial charge in [0.1, 0.15) is 0 Å². The van der Waals surface area contributed by atoms with Gasteiger partial charge in [-0.1, -0.05) is 31.5 Å². The number of hydrogen-bond donors (Lipinski definition) is 4. The van der Waals surface area contributed by atoms with Crippen molar-refractivity contribution in [3.8, 4) is 0 Å². The number of carbonyl (C=O) groups is 3. The second-order valence-electron chi connectivity index (χ2n) is 5.80. The molecule has 0 aliphatic rings. The van der Waals surface area contributed by atoms with Crippen LogP contribution in [0.4, 0.5) is 5.69 Å². The fourth-order valence-electron chi connectivity index (χ4n) is 1.75. The quantitative estimate of drug-likeness (QED) is 0.580. The summed E-state index contributed by atoms with van der Waals surface area (Å²) in [5.41, 5.74) is 7.10. The van der Waals surface area contributed by atoms with Gasteiger partial charge in [0.05, 0.1) is 29.8 Å². The van der Waals surface area contributed by atoms with E-state index in [1.807, 2.05) is 26.8 Å². The van der Waals surface area contributed by atoms with Gasteiger partial charge in [-0.05, 0) is 30.5 Å². The molecule has 0 saturated carbocycles. The molecule has 0 saturated heterocycles. The molecule has 7 nitrogen and oxygen atoms in total. The molecule has 0 aliphatic heterocycles. The SMILES string of the molecule is Cc1ccc(NC(=O)CNC(=O)CNC(=O)[C@@H](N)C(C)C)c(Cl)c1. The number of aryl methyl sites for hydroxylation is 1. The predicted octanol–water partition coefficient (Wildman–Crippen LogP) is 0.803. The number of benzene rings is 1. The van der Waals surface area contributed by atoms with Crippen molar-refractivity contribution < 1.29 is 14.4 Å². The zero-order chi connectivity index (χ0) is 18.3. The summed E-state index contributed by atoms with van der Waals surface area (Å²) in [6.45, 7) is 5.04. The van der Waals surface area contributed by atoms with Crippen LogP contribution < -0.4 is 21.7 Å². The highest BCUT2D eigenvalue weighted by Crippen LogP contribution is 2.22. The largest absolute Gasteiger partial charge is 0.346 e. The first-order chi connectivity index (χ1) is 11.2. The van der Waals surface area contributed by atoms with Crippen LogP contribution in [0.3, 0.4) is 0 Å². The van der Waals surface area contributed by atoms with Crippen molar-refractivity contribution in [2.75, 3.05) is 18.4 Å². The molecule has 132 valence electrons. The lowest BCUT2D eigenvalue weighted by Gasteiger charge is -2.15. The Morgan fingerprint density at radius 1 is 1.12 bits per heavy atom. The van der Waals surface area contributed by atoms with Gasteiger partial charge in [0.2, 0.25) is 17.7 Å². The molecule has 0 heterocycles. The fourth-order valence-corrected chi connectivity index (χ4v) is 2.03. The summed E-state index contributed by atoms with van der Waals surface area (Å²) in [6, 6.07) is 4.55. The number of carbonyl (C=O) groups excluding carboxylic acids is 3. The molecule has 0 unspecified atom stereocenters. The van der Waals surface area contributed by atoms with Crippen LogP contribution >= 0.6 is 11.6 Å². The Morgan fingerprint density at radius 2 is 1.75 bits per heavy atom. The molecule has 0 aromatic heterocycles. The first kappa shape index (κ1) is 19.9. The molecule has 0 spiro atoms. The summed E-state index contributed by atoms with van der Waals surface area (Å²) < 4.78 is 0. The molecule has 0 aliphatic carbocycles. The third kappa shape index (κ3) is 6.55. The van der Waals surface area contributed by atoms with Crippen LogP contribution in [0.5, 0.6) is 0 Å². The molecule has 1 rings (SSSR count). The van der Waals surface area contributed by atoms with Gasteiger partial charge in [-0.3, -0.25) is 14.4 Å². The van der Waals surface area contributed by atoms with E-state index in [4.69, 9.17) is 17.3 Å². The molecular formula is C16H23ClN4O3. The van der Waals surface area contributed by atoms with E-state index >= 15 is 0 Å². The molecule has 0 radical (unpaired) electrons. The molecule has 1 atom stereocenters. The number of nitrogens with one attached hydrogen (secondary N) is 3. The topological polar surface area (TPSA) is 113 Å². The van der Waals surface area contributed by atoms with Crippen molar-refractivity contribution in [2.24, 2.45) is 11.7 Å². The second kappa shape index (κ2) is 9.24. The van der Waals surface area contributed by atoms with E-state index in [0.717, 1.165) is 5.56 Å². The highest BCUT2D eigenvalue weighted by atomic mass is 35.5. The van der Waals surface area contributed by atoms with Crippen LogP contribution in [0.15, 0.2) is 18.2 Å². The maximum atomic E-state index is 11.8. The molecule has 0 bridgehead atoms. The molecular weight excluding hydrogens is 332 g/mol. The predicted molar refractivity (Wildman–Crippen MR) is 93.7 cm³/mol. The van der Waals surface area contributed by atoms with E-state index in [0.29, 0.717) is 10.7 Å². The summed E-state index contributed by atoms with van der Waals surface area (Å²) >= 11 is 6.01. The molecule has 24 heavy (non-hydrogen) atoms. The van der Waals surface area contributed by atoms with Gasteiger partial charge in [-0.15, -0.1) is 0 Å². The van der Waals surface area contributed by atoms with Crippen LogP contribution in [0.1, 0.15) is 19.4 Å². The van der Waals surface area contributed by atoms with Crippen LogP contribution in [0.2, 0.25) is 5.02 Å². The summed E-state index contributed by atoms with van der Waals surface area (Å²) in [6.07, 6.45) is 0. The minimum Gasteiger partial charge on any atom is -0.346 e. The highest BCUT2D eigenvalue weighted by Gasteiger charge is 2.17. The first-order valence-electron chi connectivity index (χ1n) is 7.56. The lowest BCUT2D eigenvalue weighted by atomic mass is 10.1. The highest BCUT2D eigenvalue weighted by molar-refractivity contribution is 6.33. The number of nitrogens with two attached hydrogens (primary N) is 1. The van der Waals surface area contributed by atoms with Crippen molar-refractivity contribution in [2.45, 2.75) is 26.8 Å². The van der Waals surface area contributed by atoms with Crippen LogP contribution in [-0.2, 0) is 14.4 Å². The Morgan fingerprint density at radius 3 is 2.33 bits per heavy atom. The first-order valence-corrected chi connectivity index (χ1v) is 7.94. The normalized spacial score (nSPS) is 11.8. The standard InChI is InChI=1S/C16H23ClN4O3/c1-9(2)15(18)16(24)20-7-13(22)19-8-14(23)21-12-5-4-10(3)6-11(12)17/h4-6,9,15H,7-8,18H2,1-3H3,(H,19,22)(H,20,24)(H,21,23)/t15-/m0/s1. The maximum absolute atomic E-state index is 11.8. The van der Waals surface area contributed by atoms with Crippen LogP contribution in [0.25, 0.3) is 0 Å². The van der Waals surface area contributed by atoms with Gasteiger partial charge in [-0.25, -0.2) is 0 Å². The minimum atomic E-state index is -0.676.